The number of hydrazone groups is 1. The van der Waals surface area contributed by atoms with Crippen molar-refractivity contribution in [2.45, 2.75) is 6.92 Å². The molecule has 2 rings (SSSR count). The Morgan fingerprint density at radius 3 is 2.83 bits per heavy atom. The van der Waals surface area contributed by atoms with Crippen molar-refractivity contribution < 1.29 is 4.79 Å². The minimum absolute atomic E-state index is 0.350. The molecule has 1 aromatic carbocycles. The first-order valence-corrected chi connectivity index (χ1v) is 6.33. The van der Waals surface area contributed by atoms with Crippen LogP contribution in [0.25, 0.3) is 0 Å². The highest BCUT2D eigenvalue weighted by Crippen LogP contribution is 2.12. The summed E-state index contributed by atoms with van der Waals surface area (Å²) in [7, 11) is 0. The maximum absolute atomic E-state index is 11.6. The molecule has 2 amide bonds. The van der Waals surface area contributed by atoms with Gasteiger partial charge in [0, 0.05) is 10.6 Å². The van der Waals surface area contributed by atoms with Crippen LogP contribution in [0.2, 0.25) is 0 Å². The summed E-state index contributed by atoms with van der Waals surface area (Å²) >= 11 is 1.56. The van der Waals surface area contributed by atoms with Gasteiger partial charge in [-0.25, -0.2) is 10.2 Å². The third kappa shape index (κ3) is 3.43. The Kier molecular flexibility index (Phi) is 4.09. The molecule has 0 saturated carbocycles. The van der Waals surface area contributed by atoms with Crippen LogP contribution >= 0.6 is 11.3 Å². The van der Waals surface area contributed by atoms with E-state index in [9.17, 15) is 4.79 Å². The van der Waals surface area contributed by atoms with Crippen LogP contribution in [0, 0.1) is 6.92 Å². The Morgan fingerprint density at radius 1 is 1.28 bits per heavy atom. The first kappa shape index (κ1) is 12.3. The van der Waals surface area contributed by atoms with Gasteiger partial charge in [0.25, 0.3) is 0 Å². The number of thiophene rings is 1. The molecule has 0 saturated heterocycles. The average Bonchev–Trinajstić information content (AvgIpc) is 2.85. The first-order chi connectivity index (χ1) is 8.75. The molecule has 4 nitrogen and oxygen atoms in total. The van der Waals surface area contributed by atoms with Gasteiger partial charge < -0.3 is 5.32 Å². The highest BCUT2D eigenvalue weighted by molar-refractivity contribution is 7.11. The van der Waals surface area contributed by atoms with Crippen molar-refractivity contribution in [3.05, 3.63) is 52.2 Å². The molecule has 2 aromatic rings. The fraction of sp³-hybridized carbons (Fsp3) is 0.0769. The zero-order valence-electron chi connectivity index (χ0n) is 9.88. The highest BCUT2D eigenvalue weighted by Gasteiger charge is 2.01. The molecule has 0 fully saturated rings. The second-order valence-corrected chi connectivity index (χ2v) is 4.63. The lowest BCUT2D eigenvalue weighted by Gasteiger charge is -2.06. The maximum atomic E-state index is 11.6. The number of carbonyl (C=O) groups is 1. The quantitative estimate of drug-likeness (QED) is 0.645. The van der Waals surface area contributed by atoms with Crippen molar-refractivity contribution in [2.75, 3.05) is 5.32 Å². The molecule has 0 atom stereocenters. The van der Waals surface area contributed by atoms with Crippen molar-refractivity contribution in [2.24, 2.45) is 5.10 Å². The Morgan fingerprint density at radius 2 is 2.11 bits per heavy atom. The number of nitrogens with zero attached hydrogens (tertiary/aromatic N) is 1. The van der Waals surface area contributed by atoms with Crippen LogP contribution in [0.5, 0.6) is 0 Å². The second-order valence-electron chi connectivity index (χ2n) is 3.65. The van der Waals surface area contributed by atoms with Gasteiger partial charge in [0.05, 0.1) is 6.21 Å². The molecule has 0 aliphatic heterocycles. The number of urea groups is 1. The van der Waals surface area contributed by atoms with Gasteiger partial charge in [-0.3, -0.25) is 0 Å². The Bertz CT molecular complexity index is 549. The summed E-state index contributed by atoms with van der Waals surface area (Å²) in [5.41, 5.74) is 4.21. The molecule has 0 aliphatic carbocycles. The van der Waals surface area contributed by atoms with E-state index in [1.54, 1.807) is 17.6 Å². The molecule has 0 spiro atoms. The van der Waals surface area contributed by atoms with Gasteiger partial charge in [-0.05, 0) is 30.0 Å². The van der Waals surface area contributed by atoms with Crippen molar-refractivity contribution in [1.29, 1.82) is 0 Å². The van der Waals surface area contributed by atoms with Crippen LogP contribution in [0.3, 0.4) is 0 Å². The molecule has 18 heavy (non-hydrogen) atoms. The third-order valence-electron chi connectivity index (χ3n) is 2.29. The lowest BCUT2D eigenvalue weighted by Crippen LogP contribution is -2.24. The number of carbonyl (C=O) groups excluding carboxylic acids is 1. The number of rotatable bonds is 3. The standard InChI is InChI=1S/C13H13N3OS/c1-10-5-2-3-7-12(10)15-13(17)16-14-9-11-6-4-8-18-11/h2-9H,1H3,(H2,15,16,17)/b14-9-. The van der Waals surface area contributed by atoms with Gasteiger partial charge in [0.15, 0.2) is 0 Å². The zero-order valence-corrected chi connectivity index (χ0v) is 10.7. The largest absolute Gasteiger partial charge is 0.339 e. The number of para-hydroxylation sites is 1. The minimum Gasteiger partial charge on any atom is -0.306 e. The van der Waals surface area contributed by atoms with Gasteiger partial charge in [-0.1, -0.05) is 24.3 Å². The molecule has 0 radical (unpaired) electrons. The van der Waals surface area contributed by atoms with Gasteiger partial charge >= 0.3 is 6.03 Å². The molecule has 5 heteroatoms. The Hall–Kier alpha value is -2.14. The molecule has 0 aliphatic rings. The van der Waals surface area contributed by atoms with E-state index in [1.165, 1.54) is 0 Å². The summed E-state index contributed by atoms with van der Waals surface area (Å²) < 4.78 is 0. The van der Waals surface area contributed by atoms with E-state index >= 15 is 0 Å². The van der Waals surface area contributed by atoms with Crippen LogP contribution in [0.15, 0.2) is 46.9 Å². The Labute approximate surface area is 109 Å². The summed E-state index contributed by atoms with van der Waals surface area (Å²) in [4.78, 5) is 12.6. The maximum Gasteiger partial charge on any atom is 0.339 e. The molecular weight excluding hydrogens is 246 g/mol. The van der Waals surface area contributed by atoms with Crippen LogP contribution in [0.4, 0.5) is 10.5 Å². The topological polar surface area (TPSA) is 53.5 Å². The van der Waals surface area contributed by atoms with E-state index in [2.05, 4.69) is 15.8 Å². The number of amides is 2. The molecular formula is C13H13N3OS. The van der Waals surface area contributed by atoms with Crippen molar-refractivity contribution in [3.63, 3.8) is 0 Å². The van der Waals surface area contributed by atoms with Crippen LogP contribution in [0.1, 0.15) is 10.4 Å². The van der Waals surface area contributed by atoms with E-state index in [0.717, 1.165) is 16.1 Å². The molecule has 1 aromatic heterocycles. The van der Waals surface area contributed by atoms with E-state index in [1.807, 2.05) is 48.7 Å². The van der Waals surface area contributed by atoms with Gasteiger partial charge in [0.2, 0.25) is 0 Å². The van der Waals surface area contributed by atoms with Gasteiger partial charge in [-0.15, -0.1) is 11.3 Å². The van der Waals surface area contributed by atoms with Crippen LogP contribution < -0.4 is 10.7 Å². The lowest BCUT2D eigenvalue weighted by atomic mass is 10.2. The summed E-state index contributed by atoms with van der Waals surface area (Å²) in [5.74, 6) is 0. The molecule has 0 bridgehead atoms. The average molecular weight is 259 g/mol. The van der Waals surface area contributed by atoms with E-state index in [-0.39, 0.29) is 6.03 Å². The monoisotopic (exact) mass is 259 g/mol. The summed E-state index contributed by atoms with van der Waals surface area (Å²) in [5, 5.41) is 8.55. The number of anilines is 1. The fourth-order valence-corrected chi connectivity index (χ4v) is 1.97. The van der Waals surface area contributed by atoms with Crippen LogP contribution in [-0.2, 0) is 0 Å². The molecule has 92 valence electrons. The normalized spacial score (nSPS) is 10.5. The zero-order chi connectivity index (χ0) is 12.8. The Balaban J connectivity index is 1.88. The van der Waals surface area contributed by atoms with E-state index in [4.69, 9.17) is 0 Å². The lowest BCUT2D eigenvalue weighted by molar-refractivity contribution is 0.252. The SMILES string of the molecule is Cc1ccccc1NC(=O)N/N=C\c1cccs1. The van der Waals surface area contributed by atoms with Crippen LogP contribution in [-0.4, -0.2) is 12.2 Å². The number of hydrogen-bond donors (Lipinski definition) is 2. The fourth-order valence-electron chi connectivity index (χ4n) is 1.38. The van der Waals surface area contributed by atoms with Crippen molar-refractivity contribution in [1.82, 2.24) is 5.43 Å². The number of benzene rings is 1. The number of hydrogen-bond acceptors (Lipinski definition) is 3. The summed E-state index contributed by atoms with van der Waals surface area (Å²) in [6.07, 6.45) is 1.61. The second kappa shape index (κ2) is 5.97. The third-order valence-corrected chi connectivity index (χ3v) is 3.10. The smallest absolute Gasteiger partial charge is 0.306 e. The van der Waals surface area contributed by atoms with Gasteiger partial charge in [-0.2, -0.15) is 5.10 Å². The summed E-state index contributed by atoms with van der Waals surface area (Å²) in [6.45, 7) is 1.94. The highest BCUT2D eigenvalue weighted by atomic mass is 32.1. The minimum atomic E-state index is -0.350. The molecule has 2 N–H and O–H groups in total. The first-order valence-electron chi connectivity index (χ1n) is 5.45. The van der Waals surface area contributed by atoms with E-state index in [0.29, 0.717) is 0 Å². The molecule has 0 unspecified atom stereocenters. The van der Waals surface area contributed by atoms with Gasteiger partial charge in [0.1, 0.15) is 0 Å². The number of aryl methyl sites for hydroxylation is 1. The van der Waals surface area contributed by atoms with Crippen molar-refractivity contribution in [3.8, 4) is 0 Å². The molecule has 1 heterocycles. The van der Waals surface area contributed by atoms with E-state index < -0.39 is 0 Å². The predicted octanol–water partition coefficient (Wildman–Crippen LogP) is 3.21. The summed E-state index contributed by atoms with van der Waals surface area (Å²) in [6, 6.07) is 11.1. The van der Waals surface area contributed by atoms with Crippen molar-refractivity contribution >= 4 is 29.3 Å². The predicted molar refractivity (Wildman–Crippen MR) is 75.2 cm³/mol. The number of nitrogens with one attached hydrogen (secondary N) is 2.